The zero-order valence-corrected chi connectivity index (χ0v) is 19.4. The molecule has 0 saturated heterocycles. The number of aromatic nitrogens is 3. The van der Waals surface area contributed by atoms with Crippen LogP contribution in [0.15, 0.2) is 45.6 Å². The summed E-state index contributed by atoms with van der Waals surface area (Å²) in [6.45, 7) is 0. The van der Waals surface area contributed by atoms with Crippen molar-refractivity contribution in [1.82, 2.24) is 14.8 Å². The Balaban J connectivity index is 2.13. The first-order chi connectivity index (χ1) is 13.2. The van der Waals surface area contributed by atoms with Crippen molar-refractivity contribution >= 4 is 83.5 Å². The van der Waals surface area contributed by atoms with E-state index in [0.717, 1.165) is 0 Å². The minimum atomic E-state index is -0.750. The molecule has 0 bridgehead atoms. The molecule has 11 heteroatoms. The van der Waals surface area contributed by atoms with Gasteiger partial charge in [-0.1, -0.05) is 39.1 Å². The minimum Gasteiger partial charge on any atom is -0.308 e. The normalized spacial score (nSPS) is 10.8. The summed E-state index contributed by atoms with van der Waals surface area (Å²) in [5, 5.41) is 3.98. The number of carbonyl (C=O) groups is 2. The van der Waals surface area contributed by atoms with Crippen LogP contribution in [-0.2, 0) is 0 Å². The molecule has 0 aliphatic heterocycles. The van der Waals surface area contributed by atoms with Crippen molar-refractivity contribution in [3.8, 4) is 5.82 Å². The fourth-order valence-electron chi connectivity index (χ4n) is 2.53. The summed E-state index contributed by atoms with van der Waals surface area (Å²) < 4.78 is 2.26. The molecule has 2 aromatic heterocycles. The lowest BCUT2D eigenvalue weighted by Gasteiger charge is -2.21. The average molecular weight is 567 g/mol. The van der Waals surface area contributed by atoms with Gasteiger partial charge in [-0.15, -0.1) is 0 Å². The standard InChI is InChI=1S/C17H9Br2Cl3N4O2/c1-25(14-9(15(22)27)5-8(18)6-11(14)21)17(28)12-7-13(19)24-26(12)16-10(20)3-2-4-23-16/h2-7H,1H3. The highest BCUT2D eigenvalue weighted by molar-refractivity contribution is 9.10. The topological polar surface area (TPSA) is 68.1 Å². The van der Waals surface area contributed by atoms with Gasteiger partial charge in [0.1, 0.15) is 10.3 Å². The molecule has 2 heterocycles. The summed E-state index contributed by atoms with van der Waals surface area (Å²) in [5.74, 6) is -0.217. The van der Waals surface area contributed by atoms with Crippen molar-refractivity contribution in [1.29, 1.82) is 0 Å². The second-order valence-corrected chi connectivity index (χ2v) is 8.38. The molecular weight excluding hydrogens is 558 g/mol. The fourth-order valence-corrected chi connectivity index (χ4v) is 4.19. The summed E-state index contributed by atoms with van der Waals surface area (Å²) in [6, 6.07) is 7.86. The van der Waals surface area contributed by atoms with Gasteiger partial charge in [0.2, 0.25) is 0 Å². The van der Waals surface area contributed by atoms with E-state index in [1.54, 1.807) is 18.2 Å². The van der Waals surface area contributed by atoms with Crippen LogP contribution < -0.4 is 4.90 Å². The van der Waals surface area contributed by atoms with Gasteiger partial charge < -0.3 is 4.90 Å². The summed E-state index contributed by atoms with van der Waals surface area (Å²) in [4.78, 5) is 30.5. The van der Waals surface area contributed by atoms with E-state index >= 15 is 0 Å². The predicted octanol–water partition coefficient (Wildman–Crippen LogP) is 5.75. The molecule has 3 aromatic rings. The average Bonchev–Trinajstić information content (AvgIpc) is 3.01. The zero-order chi connectivity index (χ0) is 20.6. The van der Waals surface area contributed by atoms with Crippen molar-refractivity contribution in [2.24, 2.45) is 0 Å². The molecule has 0 N–H and O–H groups in total. The lowest BCUT2D eigenvalue weighted by molar-refractivity contribution is 0.0985. The van der Waals surface area contributed by atoms with Crippen molar-refractivity contribution in [2.75, 3.05) is 11.9 Å². The van der Waals surface area contributed by atoms with Crippen LogP contribution in [0.1, 0.15) is 20.8 Å². The van der Waals surface area contributed by atoms with Gasteiger partial charge >= 0.3 is 0 Å². The van der Waals surface area contributed by atoms with Crippen molar-refractivity contribution in [3.63, 3.8) is 0 Å². The highest BCUT2D eigenvalue weighted by Gasteiger charge is 2.26. The third kappa shape index (κ3) is 4.11. The number of nitrogens with zero attached hydrogens (tertiary/aromatic N) is 4. The molecule has 144 valence electrons. The van der Waals surface area contributed by atoms with Crippen LogP contribution in [0.4, 0.5) is 5.69 Å². The molecule has 6 nitrogen and oxygen atoms in total. The summed E-state index contributed by atoms with van der Waals surface area (Å²) in [5.41, 5.74) is 0.408. The van der Waals surface area contributed by atoms with Gasteiger partial charge in [-0.25, -0.2) is 9.67 Å². The Labute approximate surface area is 191 Å². The Kier molecular flexibility index (Phi) is 6.46. The van der Waals surface area contributed by atoms with Crippen LogP contribution in [0, 0.1) is 0 Å². The molecule has 0 atom stereocenters. The summed E-state index contributed by atoms with van der Waals surface area (Å²) in [7, 11) is 1.48. The second-order valence-electron chi connectivity index (χ2n) is 5.49. The lowest BCUT2D eigenvalue weighted by atomic mass is 10.1. The molecule has 3 rings (SSSR count). The number of halogens is 5. The molecule has 0 radical (unpaired) electrons. The molecule has 1 amide bonds. The van der Waals surface area contributed by atoms with E-state index in [-0.39, 0.29) is 27.8 Å². The van der Waals surface area contributed by atoms with E-state index in [1.165, 1.54) is 35.0 Å². The number of amides is 1. The third-order valence-corrected chi connectivity index (χ3v) is 5.35. The number of rotatable bonds is 4. The fraction of sp³-hybridized carbons (Fsp3) is 0.0588. The van der Waals surface area contributed by atoms with Crippen molar-refractivity contribution < 1.29 is 9.59 Å². The summed E-state index contributed by atoms with van der Waals surface area (Å²) >= 11 is 24.7. The van der Waals surface area contributed by atoms with Crippen LogP contribution in [-0.4, -0.2) is 33.0 Å². The van der Waals surface area contributed by atoms with Crippen LogP contribution in [0.25, 0.3) is 5.82 Å². The van der Waals surface area contributed by atoms with Gasteiger partial charge in [0.05, 0.1) is 21.3 Å². The van der Waals surface area contributed by atoms with E-state index in [4.69, 9.17) is 34.8 Å². The molecule has 0 unspecified atom stereocenters. The molecule has 0 aliphatic rings. The Hall–Kier alpha value is -1.45. The Morgan fingerprint density at radius 3 is 2.50 bits per heavy atom. The van der Waals surface area contributed by atoms with Gasteiger partial charge in [0.25, 0.3) is 11.1 Å². The maximum Gasteiger partial charge on any atom is 0.276 e. The maximum absolute atomic E-state index is 13.2. The Morgan fingerprint density at radius 1 is 1.14 bits per heavy atom. The smallest absolute Gasteiger partial charge is 0.276 e. The number of hydrogen-bond acceptors (Lipinski definition) is 4. The highest BCUT2D eigenvalue weighted by atomic mass is 79.9. The molecule has 0 saturated carbocycles. The van der Waals surface area contributed by atoms with E-state index in [9.17, 15) is 9.59 Å². The number of pyridine rings is 1. The van der Waals surface area contributed by atoms with Gasteiger partial charge in [0, 0.05) is 23.8 Å². The molecular formula is C17H9Br2Cl3N4O2. The third-order valence-electron chi connectivity index (χ3n) is 3.72. The summed E-state index contributed by atoms with van der Waals surface area (Å²) in [6.07, 6.45) is 1.53. The molecule has 28 heavy (non-hydrogen) atoms. The van der Waals surface area contributed by atoms with E-state index < -0.39 is 11.1 Å². The van der Waals surface area contributed by atoms with Crippen LogP contribution in [0.3, 0.4) is 0 Å². The first-order valence-electron chi connectivity index (χ1n) is 7.54. The van der Waals surface area contributed by atoms with Gasteiger partial charge in [-0.3, -0.25) is 9.59 Å². The Morgan fingerprint density at radius 2 is 1.86 bits per heavy atom. The minimum absolute atomic E-state index is 0.0814. The second kappa shape index (κ2) is 8.51. The molecule has 0 fully saturated rings. The monoisotopic (exact) mass is 564 g/mol. The number of hydrogen-bond donors (Lipinski definition) is 0. The van der Waals surface area contributed by atoms with Crippen LogP contribution >= 0.6 is 66.7 Å². The first kappa shape index (κ1) is 21.3. The van der Waals surface area contributed by atoms with E-state index in [1.807, 2.05) is 0 Å². The SMILES string of the molecule is CN(C(=O)c1cc(Br)nn1-c1ncccc1Cl)c1c(Cl)cc(Br)cc1C(=O)Cl. The number of benzene rings is 1. The van der Waals surface area contributed by atoms with Crippen molar-refractivity contribution in [3.05, 3.63) is 66.9 Å². The van der Waals surface area contributed by atoms with Gasteiger partial charge in [-0.05, 0) is 51.8 Å². The quantitative estimate of drug-likeness (QED) is 0.377. The predicted molar refractivity (Wildman–Crippen MR) is 116 cm³/mol. The van der Waals surface area contributed by atoms with Gasteiger partial charge in [-0.2, -0.15) is 5.10 Å². The lowest BCUT2D eigenvalue weighted by Crippen LogP contribution is -2.30. The highest BCUT2D eigenvalue weighted by Crippen LogP contribution is 2.35. The Bertz CT molecular complexity index is 1100. The van der Waals surface area contributed by atoms with Crippen LogP contribution in [0.2, 0.25) is 10.0 Å². The van der Waals surface area contributed by atoms with Gasteiger partial charge in [0.15, 0.2) is 5.82 Å². The largest absolute Gasteiger partial charge is 0.308 e. The number of carbonyl (C=O) groups excluding carboxylic acids is 2. The molecule has 0 aliphatic carbocycles. The van der Waals surface area contributed by atoms with Crippen LogP contribution in [0.5, 0.6) is 0 Å². The molecule has 0 spiro atoms. The van der Waals surface area contributed by atoms with Crippen molar-refractivity contribution in [2.45, 2.75) is 0 Å². The first-order valence-corrected chi connectivity index (χ1v) is 10.3. The number of anilines is 1. The molecule has 1 aromatic carbocycles. The maximum atomic E-state index is 13.2. The van der Waals surface area contributed by atoms with E-state index in [2.05, 4.69) is 41.9 Å². The zero-order valence-electron chi connectivity index (χ0n) is 14.0. The van der Waals surface area contributed by atoms with E-state index in [0.29, 0.717) is 14.1 Å².